The maximum atomic E-state index is 12.6. The fraction of sp³-hybridized carbons (Fsp3) is 0.632. The van der Waals surface area contributed by atoms with Crippen molar-refractivity contribution >= 4 is 21.6 Å². The Bertz CT molecular complexity index is 702. The van der Waals surface area contributed by atoms with E-state index in [-0.39, 0.29) is 23.9 Å². The Morgan fingerprint density at radius 2 is 1.76 bits per heavy atom. The zero-order valence-corrected chi connectivity index (χ0v) is 16.5. The number of anilines is 1. The summed E-state index contributed by atoms with van der Waals surface area (Å²) < 4.78 is 25.8. The topological polar surface area (TPSA) is 66.5 Å². The van der Waals surface area contributed by atoms with Crippen molar-refractivity contribution in [3.05, 3.63) is 29.8 Å². The van der Waals surface area contributed by atoms with Crippen LogP contribution in [0.5, 0.6) is 0 Å². The first-order valence-electron chi connectivity index (χ1n) is 8.95. The standard InChI is InChI=1S/C19H30N2O3S/c1-19(2,3)16-12-8-9-13-17(16)20-18(22)14-21(25(4,23)24)15-10-6-5-7-11-15/h8-9,12-13,15H,5-7,10-11,14H2,1-4H3,(H,20,22). The van der Waals surface area contributed by atoms with Crippen LogP contribution in [0.1, 0.15) is 58.4 Å². The van der Waals surface area contributed by atoms with E-state index < -0.39 is 10.0 Å². The van der Waals surface area contributed by atoms with Crippen molar-refractivity contribution in [3.63, 3.8) is 0 Å². The van der Waals surface area contributed by atoms with Crippen LogP contribution in [-0.4, -0.2) is 37.5 Å². The molecule has 0 spiro atoms. The van der Waals surface area contributed by atoms with E-state index in [1.807, 2.05) is 24.3 Å². The molecule has 1 aliphatic carbocycles. The highest BCUT2D eigenvalue weighted by Gasteiger charge is 2.30. The van der Waals surface area contributed by atoms with E-state index in [0.29, 0.717) is 0 Å². The van der Waals surface area contributed by atoms with Crippen LogP contribution in [0, 0.1) is 0 Å². The van der Waals surface area contributed by atoms with Crippen molar-refractivity contribution in [2.75, 3.05) is 18.1 Å². The number of nitrogens with one attached hydrogen (secondary N) is 1. The monoisotopic (exact) mass is 366 g/mol. The summed E-state index contributed by atoms with van der Waals surface area (Å²) in [6, 6.07) is 7.61. The third-order valence-corrected chi connectivity index (χ3v) is 6.00. The Labute approximate surface area is 151 Å². The van der Waals surface area contributed by atoms with Gasteiger partial charge in [-0.25, -0.2) is 8.42 Å². The molecule has 0 saturated heterocycles. The van der Waals surface area contributed by atoms with Gasteiger partial charge in [0.25, 0.3) is 0 Å². The summed E-state index contributed by atoms with van der Waals surface area (Å²) in [6.07, 6.45) is 6.03. The van der Waals surface area contributed by atoms with E-state index in [1.54, 1.807) is 0 Å². The molecule has 0 atom stereocenters. The molecule has 140 valence electrons. The van der Waals surface area contributed by atoms with Gasteiger partial charge in [0.05, 0.1) is 12.8 Å². The molecule has 0 bridgehead atoms. The molecule has 0 radical (unpaired) electrons. The van der Waals surface area contributed by atoms with Crippen molar-refractivity contribution in [1.82, 2.24) is 4.31 Å². The minimum Gasteiger partial charge on any atom is -0.325 e. The lowest BCUT2D eigenvalue weighted by molar-refractivity contribution is -0.116. The molecule has 25 heavy (non-hydrogen) atoms. The van der Waals surface area contributed by atoms with Crippen LogP contribution < -0.4 is 5.32 Å². The molecule has 1 fully saturated rings. The molecule has 5 nitrogen and oxygen atoms in total. The molecule has 1 aliphatic rings. The summed E-state index contributed by atoms with van der Waals surface area (Å²) in [5.41, 5.74) is 1.67. The van der Waals surface area contributed by atoms with Gasteiger partial charge < -0.3 is 5.32 Å². The van der Waals surface area contributed by atoms with E-state index in [4.69, 9.17) is 0 Å². The largest absolute Gasteiger partial charge is 0.325 e. The number of hydrogen-bond acceptors (Lipinski definition) is 3. The summed E-state index contributed by atoms with van der Waals surface area (Å²) in [5, 5.41) is 2.91. The molecule has 0 aromatic heterocycles. The van der Waals surface area contributed by atoms with Gasteiger partial charge in [0.15, 0.2) is 0 Å². The predicted molar refractivity (Wildman–Crippen MR) is 102 cm³/mol. The highest BCUT2D eigenvalue weighted by Crippen LogP contribution is 2.29. The van der Waals surface area contributed by atoms with Crippen LogP contribution in [0.4, 0.5) is 5.69 Å². The number of sulfonamides is 1. The molecule has 1 saturated carbocycles. The molecule has 2 rings (SSSR count). The van der Waals surface area contributed by atoms with Crippen LogP contribution in [0.3, 0.4) is 0 Å². The molecular weight excluding hydrogens is 336 g/mol. The van der Waals surface area contributed by atoms with E-state index in [9.17, 15) is 13.2 Å². The van der Waals surface area contributed by atoms with Gasteiger partial charge in [-0.1, -0.05) is 58.2 Å². The Morgan fingerprint density at radius 1 is 1.16 bits per heavy atom. The second kappa shape index (κ2) is 7.87. The number of nitrogens with zero attached hydrogens (tertiary/aromatic N) is 1. The summed E-state index contributed by atoms with van der Waals surface area (Å²) in [7, 11) is -3.42. The summed E-state index contributed by atoms with van der Waals surface area (Å²) in [4.78, 5) is 12.6. The van der Waals surface area contributed by atoms with E-state index >= 15 is 0 Å². The van der Waals surface area contributed by atoms with Gasteiger partial charge in [0.1, 0.15) is 0 Å². The molecule has 1 aromatic carbocycles. The number of para-hydroxylation sites is 1. The minimum atomic E-state index is -3.42. The number of amides is 1. The normalized spacial score (nSPS) is 16.8. The van der Waals surface area contributed by atoms with Crippen LogP contribution in [0.2, 0.25) is 0 Å². The van der Waals surface area contributed by atoms with Crippen molar-refractivity contribution in [1.29, 1.82) is 0 Å². The fourth-order valence-corrected chi connectivity index (χ4v) is 4.57. The van der Waals surface area contributed by atoms with Crippen LogP contribution >= 0.6 is 0 Å². The molecule has 0 unspecified atom stereocenters. The molecule has 1 N–H and O–H groups in total. The average Bonchev–Trinajstić information content (AvgIpc) is 2.52. The zero-order valence-electron chi connectivity index (χ0n) is 15.7. The van der Waals surface area contributed by atoms with Crippen LogP contribution in [0.15, 0.2) is 24.3 Å². The van der Waals surface area contributed by atoms with E-state index in [1.165, 1.54) is 10.6 Å². The van der Waals surface area contributed by atoms with Crippen molar-refractivity contribution in [2.45, 2.75) is 64.3 Å². The maximum Gasteiger partial charge on any atom is 0.239 e. The molecule has 6 heteroatoms. The van der Waals surface area contributed by atoms with E-state index in [2.05, 4.69) is 26.1 Å². The molecule has 0 heterocycles. The van der Waals surface area contributed by atoms with Gasteiger partial charge in [-0.05, 0) is 29.9 Å². The first-order chi connectivity index (χ1) is 11.6. The predicted octanol–water partition coefficient (Wildman–Crippen LogP) is 3.52. The fourth-order valence-electron chi connectivity index (χ4n) is 3.46. The first-order valence-corrected chi connectivity index (χ1v) is 10.8. The molecular formula is C19H30N2O3S. The van der Waals surface area contributed by atoms with Gasteiger partial charge in [0, 0.05) is 11.7 Å². The Hall–Kier alpha value is -1.40. The van der Waals surface area contributed by atoms with Gasteiger partial charge in [-0.15, -0.1) is 0 Å². The van der Waals surface area contributed by atoms with Gasteiger partial charge >= 0.3 is 0 Å². The quantitative estimate of drug-likeness (QED) is 0.867. The van der Waals surface area contributed by atoms with Crippen molar-refractivity contribution < 1.29 is 13.2 Å². The Balaban J connectivity index is 2.15. The highest BCUT2D eigenvalue weighted by molar-refractivity contribution is 7.88. The Morgan fingerprint density at radius 3 is 2.32 bits per heavy atom. The third kappa shape index (κ3) is 5.54. The number of carbonyl (C=O) groups excluding carboxylic acids is 1. The van der Waals surface area contributed by atoms with Gasteiger partial charge in [0.2, 0.25) is 15.9 Å². The highest BCUT2D eigenvalue weighted by atomic mass is 32.2. The number of carbonyl (C=O) groups is 1. The number of rotatable bonds is 5. The Kier molecular flexibility index (Phi) is 6.27. The van der Waals surface area contributed by atoms with Crippen LogP contribution in [-0.2, 0) is 20.2 Å². The molecule has 1 aromatic rings. The number of benzene rings is 1. The summed E-state index contributed by atoms with van der Waals surface area (Å²) in [6.45, 7) is 6.14. The lowest BCUT2D eigenvalue weighted by atomic mass is 9.86. The van der Waals surface area contributed by atoms with Gasteiger partial charge in [-0.2, -0.15) is 4.31 Å². The zero-order chi connectivity index (χ0) is 18.7. The number of hydrogen-bond donors (Lipinski definition) is 1. The van der Waals surface area contributed by atoms with Gasteiger partial charge in [-0.3, -0.25) is 4.79 Å². The first kappa shape index (κ1) is 19.9. The smallest absolute Gasteiger partial charge is 0.239 e. The molecule has 0 aliphatic heterocycles. The minimum absolute atomic E-state index is 0.0626. The van der Waals surface area contributed by atoms with Crippen LogP contribution in [0.25, 0.3) is 0 Å². The second-order valence-electron chi connectivity index (χ2n) is 7.94. The average molecular weight is 367 g/mol. The third-order valence-electron chi connectivity index (χ3n) is 4.72. The maximum absolute atomic E-state index is 12.6. The van der Waals surface area contributed by atoms with E-state index in [0.717, 1.165) is 43.4 Å². The lowest BCUT2D eigenvalue weighted by Gasteiger charge is -2.32. The molecule has 1 amide bonds. The van der Waals surface area contributed by atoms with Crippen molar-refractivity contribution in [3.8, 4) is 0 Å². The second-order valence-corrected chi connectivity index (χ2v) is 9.88. The van der Waals surface area contributed by atoms with Crippen molar-refractivity contribution in [2.24, 2.45) is 0 Å². The summed E-state index contributed by atoms with van der Waals surface area (Å²) in [5.74, 6) is -0.285. The summed E-state index contributed by atoms with van der Waals surface area (Å²) >= 11 is 0. The SMILES string of the molecule is CC(C)(C)c1ccccc1NC(=O)CN(C1CCCCC1)S(C)(=O)=O. The lowest BCUT2D eigenvalue weighted by Crippen LogP contribution is -2.45.